The number of benzene rings is 1. The van der Waals surface area contributed by atoms with Gasteiger partial charge >= 0.3 is 0 Å². The molecule has 2 rings (SSSR count). The van der Waals surface area contributed by atoms with E-state index in [0.717, 1.165) is 5.39 Å². The Morgan fingerprint density at radius 1 is 1.35 bits per heavy atom. The van der Waals surface area contributed by atoms with Gasteiger partial charge in [-0.05, 0) is 12.1 Å². The Morgan fingerprint density at radius 2 is 2.06 bits per heavy atom. The van der Waals surface area contributed by atoms with Crippen molar-refractivity contribution in [3.8, 4) is 0 Å². The molecule has 0 saturated heterocycles. The number of nitrogens with zero attached hydrogens (tertiary/aromatic N) is 2. The summed E-state index contributed by atoms with van der Waals surface area (Å²) in [5.41, 5.74) is 3.92. The van der Waals surface area contributed by atoms with Crippen molar-refractivity contribution >= 4 is 28.4 Å². The van der Waals surface area contributed by atoms with Gasteiger partial charge in [0.15, 0.2) is 0 Å². The van der Waals surface area contributed by atoms with Crippen molar-refractivity contribution in [1.29, 1.82) is 0 Å². The van der Waals surface area contributed by atoms with Crippen LogP contribution >= 0.6 is 11.6 Å². The Kier molecular flexibility index (Phi) is 3.26. The number of hydrogen-bond acceptors (Lipinski definition) is 3. The standard InChI is InChI=1S/C12H12ClN3O/c1-16(2)15-12(17)9-7-11(13)14-10-6-4-3-5-8(9)10/h3-7H,1-2H3,(H,15,17). The number of aromatic nitrogens is 1. The number of rotatable bonds is 2. The highest BCUT2D eigenvalue weighted by Gasteiger charge is 2.12. The van der Waals surface area contributed by atoms with Crippen LogP contribution in [0.3, 0.4) is 0 Å². The van der Waals surface area contributed by atoms with Crippen LogP contribution in [0, 0.1) is 0 Å². The van der Waals surface area contributed by atoms with Gasteiger partial charge in [0.25, 0.3) is 5.91 Å². The van der Waals surface area contributed by atoms with Crippen LogP contribution in [0.2, 0.25) is 5.15 Å². The van der Waals surface area contributed by atoms with Gasteiger partial charge < -0.3 is 0 Å². The molecule has 88 valence electrons. The van der Waals surface area contributed by atoms with Crippen LogP contribution < -0.4 is 5.43 Å². The van der Waals surface area contributed by atoms with E-state index in [-0.39, 0.29) is 5.91 Å². The predicted molar refractivity (Wildman–Crippen MR) is 67.9 cm³/mol. The summed E-state index contributed by atoms with van der Waals surface area (Å²) in [6, 6.07) is 8.98. The average Bonchev–Trinajstić information content (AvgIpc) is 2.26. The second-order valence-corrected chi connectivity index (χ2v) is 4.23. The zero-order valence-corrected chi connectivity index (χ0v) is 10.3. The number of nitrogens with one attached hydrogen (secondary N) is 1. The summed E-state index contributed by atoms with van der Waals surface area (Å²) in [7, 11) is 3.51. The van der Waals surface area contributed by atoms with Gasteiger partial charge in [0.2, 0.25) is 0 Å². The molecule has 0 radical (unpaired) electrons. The summed E-state index contributed by atoms with van der Waals surface area (Å²) < 4.78 is 0. The fraction of sp³-hybridized carbons (Fsp3) is 0.167. The third-order valence-corrected chi connectivity index (χ3v) is 2.45. The first-order valence-corrected chi connectivity index (χ1v) is 5.49. The van der Waals surface area contributed by atoms with Gasteiger partial charge in [0, 0.05) is 19.5 Å². The third kappa shape index (κ3) is 2.54. The summed E-state index contributed by atoms with van der Waals surface area (Å²) in [6.45, 7) is 0. The molecule has 0 fully saturated rings. The van der Waals surface area contributed by atoms with Crippen LogP contribution in [-0.4, -0.2) is 30.0 Å². The smallest absolute Gasteiger partial charge is 0.266 e. The lowest BCUT2D eigenvalue weighted by Gasteiger charge is -2.13. The summed E-state index contributed by atoms with van der Waals surface area (Å²) >= 11 is 5.90. The van der Waals surface area contributed by atoms with Gasteiger partial charge in [0.1, 0.15) is 5.15 Å². The van der Waals surface area contributed by atoms with E-state index in [1.165, 1.54) is 0 Å². The maximum absolute atomic E-state index is 12.0. The molecule has 1 aromatic carbocycles. The molecule has 0 spiro atoms. The second kappa shape index (κ2) is 4.69. The van der Waals surface area contributed by atoms with Gasteiger partial charge in [-0.15, -0.1) is 0 Å². The van der Waals surface area contributed by atoms with Crippen LogP contribution in [0.4, 0.5) is 0 Å². The van der Waals surface area contributed by atoms with Crippen molar-refractivity contribution in [2.24, 2.45) is 0 Å². The van der Waals surface area contributed by atoms with E-state index in [2.05, 4.69) is 10.4 Å². The largest absolute Gasteiger partial charge is 0.285 e. The molecular weight excluding hydrogens is 238 g/mol. The number of amides is 1. The van der Waals surface area contributed by atoms with Crippen molar-refractivity contribution < 1.29 is 4.79 Å². The molecule has 1 aromatic heterocycles. The van der Waals surface area contributed by atoms with Gasteiger partial charge in [-0.3, -0.25) is 10.2 Å². The van der Waals surface area contributed by atoms with E-state index < -0.39 is 0 Å². The number of halogens is 1. The van der Waals surface area contributed by atoms with E-state index in [1.54, 1.807) is 25.2 Å². The third-order valence-electron chi connectivity index (χ3n) is 2.25. The molecule has 0 aliphatic rings. The Balaban J connectivity index is 2.56. The van der Waals surface area contributed by atoms with Crippen molar-refractivity contribution in [3.63, 3.8) is 0 Å². The lowest BCUT2D eigenvalue weighted by molar-refractivity contribution is 0.0858. The molecule has 0 atom stereocenters. The maximum Gasteiger partial charge on any atom is 0.266 e. The van der Waals surface area contributed by atoms with Crippen molar-refractivity contribution in [2.45, 2.75) is 0 Å². The van der Waals surface area contributed by atoms with Crippen LogP contribution in [0.5, 0.6) is 0 Å². The number of para-hydroxylation sites is 1. The minimum absolute atomic E-state index is 0.199. The molecule has 0 aliphatic carbocycles. The van der Waals surface area contributed by atoms with Crippen LogP contribution in [0.25, 0.3) is 10.9 Å². The summed E-state index contributed by atoms with van der Waals surface area (Å²) in [5, 5.41) is 2.69. The minimum atomic E-state index is -0.199. The molecule has 2 aromatic rings. The van der Waals surface area contributed by atoms with E-state index in [4.69, 9.17) is 11.6 Å². The zero-order chi connectivity index (χ0) is 12.4. The fourth-order valence-electron chi connectivity index (χ4n) is 1.59. The summed E-state index contributed by atoms with van der Waals surface area (Å²) in [5.74, 6) is -0.199. The predicted octanol–water partition coefficient (Wildman–Crippen LogP) is 2.09. The van der Waals surface area contributed by atoms with Gasteiger partial charge in [-0.2, -0.15) is 0 Å². The molecule has 1 amide bonds. The number of hydrazine groups is 1. The molecule has 17 heavy (non-hydrogen) atoms. The highest BCUT2D eigenvalue weighted by atomic mass is 35.5. The first-order chi connectivity index (χ1) is 8.08. The number of carbonyl (C=O) groups excluding carboxylic acids is 1. The topological polar surface area (TPSA) is 45.2 Å². The first-order valence-electron chi connectivity index (χ1n) is 5.11. The van der Waals surface area contributed by atoms with Gasteiger partial charge in [-0.1, -0.05) is 29.8 Å². The Bertz CT molecular complexity index is 569. The number of pyridine rings is 1. The maximum atomic E-state index is 12.0. The summed E-state index contributed by atoms with van der Waals surface area (Å²) in [4.78, 5) is 16.2. The molecule has 4 nitrogen and oxygen atoms in total. The van der Waals surface area contributed by atoms with Crippen LogP contribution in [0.1, 0.15) is 10.4 Å². The van der Waals surface area contributed by atoms with Crippen molar-refractivity contribution in [1.82, 2.24) is 15.4 Å². The molecule has 0 bridgehead atoms. The number of carbonyl (C=O) groups is 1. The molecule has 0 unspecified atom stereocenters. The van der Waals surface area contributed by atoms with E-state index in [9.17, 15) is 4.79 Å². The highest BCUT2D eigenvalue weighted by Crippen LogP contribution is 2.20. The number of fused-ring (bicyclic) bond motifs is 1. The minimum Gasteiger partial charge on any atom is -0.285 e. The average molecular weight is 250 g/mol. The highest BCUT2D eigenvalue weighted by molar-refractivity contribution is 6.30. The van der Waals surface area contributed by atoms with Gasteiger partial charge in [-0.25, -0.2) is 9.99 Å². The quantitative estimate of drug-likeness (QED) is 0.655. The van der Waals surface area contributed by atoms with Crippen molar-refractivity contribution in [2.75, 3.05) is 14.1 Å². The normalized spacial score (nSPS) is 10.8. The zero-order valence-electron chi connectivity index (χ0n) is 9.57. The molecular formula is C12H12ClN3O. The number of hydrogen-bond donors (Lipinski definition) is 1. The second-order valence-electron chi connectivity index (χ2n) is 3.85. The molecule has 0 aliphatic heterocycles. The molecule has 1 heterocycles. The SMILES string of the molecule is CN(C)NC(=O)c1cc(Cl)nc2ccccc12. The molecule has 1 N–H and O–H groups in total. The lowest BCUT2D eigenvalue weighted by Crippen LogP contribution is -2.36. The fourth-order valence-corrected chi connectivity index (χ4v) is 1.79. The first kappa shape index (κ1) is 11.8. The Hall–Kier alpha value is -1.65. The Labute approximate surface area is 104 Å². The van der Waals surface area contributed by atoms with Crippen molar-refractivity contribution in [3.05, 3.63) is 41.0 Å². The monoisotopic (exact) mass is 249 g/mol. The van der Waals surface area contributed by atoms with E-state index in [0.29, 0.717) is 16.2 Å². The van der Waals surface area contributed by atoms with Crippen LogP contribution in [0.15, 0.2) is 30.3 Å². The van der Waals surface area contributed by atoms with E-state index in [1.807, 2.05) is 24.3 Å². The Morgan fingerprint density at radius 3 is 2.76 bits per heavy atom. The lowest BCUT2D eigenvalue weighted by atomic mass is 10.1. The van der Waals surface area contributed by atoms with Crippen LogP contribution in [-0.2, 0) is 0 Å². The molecule has 0 saturated carbocycles. The summed E-state index contributed by atoms with van der Waals surface area (Å²) in [6.07, 6.45) is 0. The molecule has 5 heteroatoms. The van der Waals surface area contributed by atoms with E-state index >= 15 is 0 Å². The van der Waals surface area contributed by atoms with Gasteiger partial charge in [0.05, 0.1) is 11.1 Å².